The molecule has 1 aromatic carbocycles. The van der Waals surface area contributed by atoms with Crippen molar-refractivity contribution in [1.82, 2.24) is 14.8 Å². The largest absolute Gasteiger partial charge is 0.321 e. The lowest BCUT2D eigenvalue weighted by Crippen LogP contribution is -2.08. The van der Waals surface area contributed by atoms with Gasteiger partial charge in [0.05, 0.1) is 11.8 Å². The van der Waals surface area contributed by atoms with Crippen LogP contribution in [-0.4, -0.2) is 14.8 Å². The van der Waals surface area contributed by atoms with E-state index in [0.717, 1.165) is 16.5 Å². The van der Waals surface area contributed by atoms with Crippen LogP contribution in [0.5, 0.6) is 0 Å². The van der Waals surface area contributed by atoms with Gasteiger partial charge >= 0.3 is 0 Å². The van der Waals surface area contributed by atoms with Crippen LogP contribution in [0.3, 0.4) is 0 Å². The molecule has 4 heteroatoms. The summed E-state index contributed by atoms with van der Waals surface area (Å²) in [6.45, 7) is 0. The number of para-hydroxylation sites is 1. The fourth-order valence-electron chi connectivity index (χ4n) is 1.92. The molecule has 0 saturated carbocycles. The molecule has 17 heavy (non-hydrogen) atoms. The summed E-state index contributed by atoms with van der Waals surface area (Å²) in [4.78, 5) is 14.8. The number of H-pyrrole nitrogens is 1. The number of aromatic nitrogens is 3. The zero-order chi connectivity index (χ0) is 11.8. The standard InChI is InChI=1S/C13H11N3O/c1-16-8-10(7-14-16)11-6-9-4-2-3-5-12(9)15-13(11)17/h2-8H,1H3,(H,15,17). The number of hydrogen-bond acceptors (Lipinski definition) is 2. The van der Waals surface area contributed by atoms with Gasteiger partial charge in [0.25, 0.3) is 5.56 Å². The van der Waals surface area contributed by atoms with Gasteiger partial charge in [-0.1, -0.05) is 18.2 Å². The number of aromatic amines is 1. The summed E-state index contributed by atoms with van der Waals surface area (Å²) in [7, 11) is 1.83. The molecule has 4 nitrogen and oxygen atoms in total. The SMILES string of the molecule is Cn1cc(-c2cc3ccccc3[nH]c2=O)cn1. The predicted octanol–water partition coefficient (Wildman–Crippen LogP) is 1.93. The van der Waals surface area contributed by atoms with E-state index in [1.807, 2.05) is 43.6 Å². The van der Waals surface area contributed by atoms with Gasteiger partial charge in [0.1, 0.15) is 0 Å². The van der Waals surface area contributed by atoms with Gasteiger partial charge in [0.2, 0.25) is 0 Å². The Morgan fingerprint density at radius 3 is 2.88 bits per heavy atom. The zero-order valence-electron chi connectivity index (χ0n) is 9.34. The molecular formula is C13H11N3O. The summed E-state index contributed by atoms with van der Waals surface area (Å²) < 4.78 is 1.68. The molecule has 0 aliphatic heterocycles. The van der Waals surface area contributed by atoms with E-state index in [1.165, 1.54) is 0 Å². The first-order valence-electron chi connectivity index (χ1n) is 5.35. The third-order valence-electron chi connectivity index (χ3n) is 2.77. The van der Waals surface area contributed by atoms with Gasteiger partial charge in [-0.2, -0.15) is 5.10 Å². The van der Waals surface area contributed by atoms with E-state index in [2.05, 4.69) is 10.1 Å². The Hall–Kier alpha value is -2.36. The first-order valence-corrected chi connectivity index (χ1v) is 5.35. The van der Waals surface area contributed by atoms with Crippen molar-refractivity contribution in [2.24, 2.45) is 7.05 Å². The quantitative estimate of drug-likeness (QED) is 0.688. The monoisotopic (exact) mass is 225 g/mol. The summed E-state index contributed by atoms with van der Waals surface area (Å²) in [6.07, 6.45) is 3.53. The van der Waals surface area contributed by atoms with Crippen molar-refractivity contribution in [1.29, 1.82) is 0 Å². The van der Waals surface area contributed by atoms with E-state index in [9.17, 15) is 4.79 Å². The first kappa shape index (κ1) is 9.84. The van der Waals surface area contributed by atoms with Crippen LogP contribution in [-0.2, 0) is 7.05 Å². The maximum Gasteiger partial charge on any atom is 0.256 e. The summed E-state index contributed by atoms with van der Waals surface area (Å²) in [5.74, 6) is 0. The smallest absolute Gasteiger partial charge is 0.256 e. The number of pyridine rings is 1. The summed E-state index contributed by atoms with van der Waals surface area (Å²) in [5.41, 5.74) is 2.25. The fraction of sp³-hybridized carbons (Fsp3) is 0.0769. The van der Waals surface area contributed by atoms with Gasteiger partial charge in [-0.15, -0.1) is 0 Å². The Morgan fingerprint density at radius 2 is 2.12 bits per heavy atom. The molecule has 1 N–H and O–H groups in total. The number of nitrogens with one attached hydrogen (secondary N) is 1. The highest BCUT2D eigenvalue weighted by molar-refractivity contribution is 5.83. The second-order valence-corrected chi connectivity index (χ2v) is 4.00. The minimum absolute atomic E-state index is 0.0864. The topological polar surface area (TPSA) is 50.7 Å². The van der Waals surface area contributed by atoms with E-state index >= 15 is 0 Å². The zero-order valence-corrected chi connectivity index (χ0v) is 9.34. The molecule has 0 saturated heterocycles. The van der Waals surface area contributed by atoms with Crippen molar-refractivity contribution in [3.8, 4) is 11.1 Å². The maximum absolute atomic E-state index is 12.0. The van der Waals surface area contributed by atoms with E-state index < -0.39 is 0 Å². The molecule has 0 spiro atoms. The maximum atomic E-state index is 12.0. The molecule has 0 bridgehead atoms. The number of benzene rings is 1. The van der Waals surface area contributed by atoms with Gasteiger partial charge in [-0.25, -0.2) is 0 Å². The van der Waals surface area contributed by atoms with E-state index in [-0.39, 0.29) is 5.56 Å². The predicted molar refractivity (Wildman–Crippen MR) is 66.8 cm³/mol. The summed E-state index contributed by atoms with van der Waals surface area (Å²) in [5, 5.41) is 5.10. The van der Waals surface area contributed by atoms with E-state index in [4.69, 9.17) is 0 Å². The number of hydrogen-bond donors (Lipinski definition) is 1. The first-order chi connectivity index (χ1) is 8.24. The number of nitrogens with zero attached hydrogens (tertiary/aromatic N) is 2. The van der Waals surface area contributed by atoms with Crippen LogP contribution < -0.4 is 5.56 Å². The van der Waals surface area contributed by atoms with Crippen LogP contribution in [0.4, 0.5) is 0 Å². The van der Waals surface area contributed by atoms with Crippen LogP contribution >= 0.6 is 0 Å². The lowest BCUT2D eigenvalue weighted by molar-refractivity contribution is 0.768. The number of aryl methyl sites for hydroxylation is 1. The molecule has 84 valence electrons. The Morgan fingerprint density at radius 1 is 1.29 bits per heavy atom. The highest BCUT2D eigenvalue weighted by Gasteiger charge is 2.06. The lowest BCUT2D eigenvalue weighted by Gasteiger charge is -2.00. The summed E-state index contributed by atoms with van der Waals surface area (Å²) >= 11 is 0. The minimum atomic E-state index is -0.0864. The van der Waals surface area contributed by atoms with Crippen molar-refractivity contribution in [2.75, 3.05) is 0 Å². The lowest BCUT2D eigenvalue weighted by atomic mass is 10.1. The Balaban J connectivity index is 2.30. The van der Waals surface area contributed by atoms with Crippen LogP contribution in [0.25, 0.3) is 22.0 Å². The molecule has 3 aromatic rings. The molecular weight excluding hydrogens is 214 g/mol. The second kappa shape index (κ2) is 3.59. The van der Waals surface area contributed by atoms with Gasteiger partial charge in [-0.3, -0.25) is 9.48 Å². The number of rotatable bonds is 1. The molecule has 0 fully saturated rings. The molecule has 0 aliphatic rings. The fourth-order valence-corrected chi connectivity index (χ4v) is 1.92. The van der Waals surface area contributed by atoms with Crippen LogP contribution in [0, 0.1) is 0 Å². The van der Waals surface area contributed by atoms with E-state index in [1.54, 1.807) is 10.9 Å². The van der Waals surface area contributed by atoms with Crippen LogP contribution in [0.15, 0.2) is 47.5 Å². The van der Waals surface area contributed by atoms with Crippen molar-refractivity contribution in [3.05, 3.63) is 53.1 Å². The molecule has 2 heterocycles. The number of fused-ring (bicyclic) bond motifs is 1. The molecule has 0 radical (unpaired) electrons. The van der Waals surface area contributed by atoms with Crippen LogP contribution in [0.2, 0.25) is 0 Å². The van der Waals surface area contributed by atoms with Gasteiger partial charge in [-0.05, 0) is 17.5 Å². The highest BCUT2D eigenvalue weighted by atomic mass is 16.1. The van der Waals surface area contributed by atoms with Gasteiger partial charge in [0.15, 0.2) is 0 Å². The van der Waals surface area contributed by atoms with Crippen molar-refractivity contribution in [2.45, 2.75) is 0 Å². The highest BCUT2D eigenvalue weighted by Crippen LogP contribution is 2.18. The molecule has 3 rings (SSSR count). The van der Waals surface area contributed by atoms with Crippen molar-refractivity contribution >= 4 is 10.9 Å². The van der Waals surface area contributed by atoms with Gasteiger partial charge < -0.3 is 4.98 Å². The third kappa shape index (κ3) is 1.63. The molecule has 0 unspecified atom stereocenters. The second-order valence-electron chi connectivity index (χ2n) is 4.00. The Bertz CT molecular complexity index is 740. The Kier molecular flexibility index (Phi) is 2.08. The Labute approximate surface area is 97.5 Å². The van der Waals surface area contributed by atoms with Crippen molar-refractivity contribution in [3.63, 3.8) is 0 Å². The molecule has 0 aliphatic carbocycles. The van der Waals surface area contributed by atoms with Crippen molar-refractivity contribution < 1.29 is 0 Å². The van der Waals surface area contributed by atoms with E-state index in [0.29, 0.717) is 5.56 Å². The third-order valence-corrected chi connectivity index (χ3v) is 2.77. The average Bonchev–Trinajstić information content (AvgIpc) is 2.75. The normalized spacial score (nSPS) is 10.9. The minimum Gasteiger partial charge on any atom is -0.321 e. The summed E-state index contributed by atoms with van der Waals surface area (Å²) in [6, 6.07) is 9.62. The van der Waals surface area contributed by atoms with Gasteiger partial charge in [0, 0.05) is 24.3 Å². The molecule has 0 amide bonds. The molecule has 2 aromatic heterocycles. The molecule has 0 atom stereocenters. The van der Waals surface area contributed by atoms with Crippen LogP contribution in [0.1, 0.15) is 0 Å². The average molecular weight is 225 g/mol.